The van der Waals surface area contributed by atoms with Crippen LogP contribution in [0, 0.1) is 0 Å². The highest BCUT2D eigenvalue weighted by Crippen LogP contribution is 2.27. The zero-order valence-corrected chi connectivity index (χ0v) is 11.9. The molecule has 0 aliphatic carbocycles. The summed E-state index contributed by atoms with van der Waals surface area (Å²) in [6.45, 7) is 0.384. The van der Waals surface area contributed by atoms with Crippen LogP contribution in [0.25, 0.3) is 0 Å². The minimum absolute atomic E-state index is 0.0705. The Morgan fingerprint density at radius 1 is 1.10 bits per heavy atom. The van der Waals surface area contributed by atoms with E-state index in [4.69, 9.17) is 11.6 Å². The molecule has 0 fully saturated rings. The lowest BCUT2D eigenvalue weighted by molar-refractivity contribution is 0.0981. The molecule has 1 heterocycles. The molecule has 0 bridgehead atoms. The topological polar surface area (TPSA) is 49.4 Å². The van der Waals surface area contributed by atoms with E-state index in [2.05, 4.69) is 5.32 Å². The van der Waals surface area contributed by atoms with Gasteiger partial charge >= 0.3 is 6.03 Å². The maximum Gasteiger partial charge on any atom is 0.326 e. The number of fused-ring (bicyclic) bond motifs is 1. The van der Waals surface area contributed by atoms with Crippen molar-refractivity contribution in [1.82, 2.24) is 0 Å². The zero-order valence-electron chi connectivity index (χ0n) is 11.2. The van der Waals surface area contributed by atoms with E-state index in [-0.39, 0.29) is 11.8 Å². The van der Waals surface area contributed by atoms with Gasteiger partial charge in [0.05, 0.1) is 5.69 Å². The van der Waals surface area contributed by atoms with Crippen LogP contribution in [0.2, 0.25) is 5.02 Å². The molecular weight excluding hydrogens is 288 g/mol. The highest BCUT2D eigenvalue weighted by molar-refractivity contribution is 6.30. The Morgan fingerprint density at radius 2 is 1.81 bits per heavy atom. The standard InChI is InChI=1S/C16H13ClN2O2/c17-11-5-7-12(8-6-11)18-16(21)19-10-9-15(20)13-3-1-2-4-14(13)19/h1-8H,9-10H2,(H,18,21). The van der Waals surface area contributed by atoms with Crippen molar-refractivity contribution in [2.75, 3.05) is 16.8 Å². The summed E-state index contributed by atoms with van der Waals surface area (Å²) in [7, 11) is 0. The molecule has 0 unspecified atom stereocenters. The highest BCUT2D eigenvalue weighted by Gasteiger charge is 2.26. The minimum Gasteiger partial charge on any atom is -0.308 e. The van der Waals surface area contributed by atoms with Gasteiger partial charge in [-0.2, -0.15) is 0 Å². The van der Waals surface area contributed by atoms with E-state index in [1.54, 1.807) is 47.4 Å². The highest BCUT2D eigenvalue weighted by atomic mass is 35.5. The lowest BCUT2D eigenvalue weighted by atomic mass is 10.0. The Hall–Kier alpha value is -2.33. The minimum atomic E-state index is -0.253. The van der Waals surface area contributed by atoms with Crippen LogP contribution in [0.15, 0.2) is 48.5 Å². The number of amides is 2. The summed E-state index contributed by atoms with van der Waals surface area (Å²) in [5.74, 6) is 0.0705. The quantitative estimate of drug-likeness (QED) is 0.866. The van der Waals surface area contributed by atoms with Gasteiger partial charge in [-0.15, -0.1) is 0 Å². The molecule has 3 rings (SSSR count). The van der Waals surface area contributed by atoms with Gasteiger partial charge in [-0.05, 0) is 36.4 Å². The monoisotopic (exact) mass is 300 g/mol. The number of urea groups is 1. The number of rotatable bonds is 1. The number of anilines is 2. The maximum absolute atomic E-state index is 12.4. The van der Waals surface area contributed by atoms with E-state index in [9.17, 15) is 9.59 Å². The largest absolute Gasteiger partial charge is 0.326 e. The van der Waals surface area contributed by atoms with Crippen LogP contribution in [0.5, 0.6) is 0 Å². The molecule has 0 aromatic heterocycles. The normalized spacial score (nSPS) is 13.8. The molecule has 4 nitrogen and oxygen atoms in total. The second-order valence-corrected chi connectivity index (χ2v) is 5.22. The fourth-order valence-electron chi connectivity index (χ4n) is 2.35. The average Bonchev–Trinajstić information content (AvgIpc) is 2.50. The van der Waals surface area contributed by atoms with Gasteiger partial charge in [-0.3, -0.25) is 9.69 Å². The Bertz CT molecular complexity index is 698. The van der Waals surface area contributed by atoms with Crippen LogP contribution in [-0.2, 0) is 0 Å². The summed E-state index contributed by atoms with van der Waals surface area (Å²) >= 11 is 5.82. The Labute approximate surface area is 127 Å². The van der Waals surface area contributed by atoms with E-state index in [1.807, 2.05) is 6.07 Å². The van der Waals surface area contributed by atoms with Crippen molar-refractivity contribution in [1.29, 1.82) is 0 Å². The molecule has 2 aromatic carbocycles. The number of nitrogens with one attached hydrogen (secondary N) is 1. The third-order valence-corrected chi connectivity index (χ3v) is 3.65. The molecule has 106 valence electrons. The number of hydrogen-bond donors (Lipinski definition) is 1. The van der Waals surface area contributed by atoms with Crippen LogP contribution in [-0.4, -0.2) is 18.4 Å². The van der Waals surface area contributed by atoms with Gasteiger partial charge in [0.25, 0.3) is 0 Å². The number of carbonyl (C=O) groups excluding carboxylic acids is 2. The van der Waals surface area contributed by atoms with Gasteiger partial charge < -0.3 is 5.32 Å². The van der Waals surface area contributed by atoms with Crippen LogP contribution in [0.3, 0.4) is 0 Å². The predicted octanol–water partition coefficient (Wildman–Crippen LogP) is 3.96. The van der Waals surface area contributed by atoms with Crippen LogP contribution >= 0.6 is 11.6 Å². The summed E-state index contributed by atoms with van der Waals surface area (Å²) in [4.78, 5) is 25.9. The van der Waals surface area contributed by atoms with Crippen molar-refractivity contribution < 1.29 is 9.59 Å². The number of hydrogen-bond acceptors (Lipinski definition) is 2. The number of nitrogens with zero attached hydrogens (tertiary/aromatic N) is 1. The van der Waals surface area contributed by atoms with Crippen LogP contribution in [0.4, 0.5) is 16.2 Å². The number of ketones is 1. The molecule has 0 saturated heterocycles. The van der Waals surface area contributed by atoms with Gasteiger partial charge in [0, 0.05) is 29.2 Å². The molecule has 0 saturated carbocycles. The van der Waals surface area contributed by atoms with Gasteiger partial charge in [0.1, 0.15) is 0 Å². The van der Waals surface area contributed by atoms with Gasteiger partial charge in [-0.1, -0.05) is 23.7 Å². The Kier molecular flexibility index (Phi) is 3.62. The smallest absolute Gasteiger partial charge is 0.308 e. The summed E-state index contributed by atoms with van der Waals surface area (Å²) in [6, 6.07) is 13.8. The maximum atomic E-state index is 12.4. The predicted molar refractivity (Wildman–Crippen MR) is 83.2 cm³/mol. The molecule has 2 amide bonds. The molecule has 0 atom stereocenters. The summed E-state index contributed by atoms with van der Waals surface area (Å²) in [5, 5.41) is 3.42. The first kappa shape index (κ1) is 13.6. The van der Waals surface area contributed by atoms with Crippen molar-refractivity contribution in [3.63, 3.8) is 0 Å². The molecule has 0 spiro atoms. The number of carbonyl (C=O) groups is 2. The van der Waals surface area contributed by atoms with E-state index < -0.39 is 0 Å². The first-order chi connectivity index (χ1) is 10.1. The molecule has 21 heavy (non-hydrogen) atoms. The van der Waals surface area contributed by atoms with Crippen molar-refractivity contribution in [3.8, 4) is 0 Å². The van der Waals surface area contributed by atoms with Gasteiger partial charge in [0.15, 0.2) is 5.78 Å². The second kappa shape index (κ2) is 5.58. The van der Waals surface area contributed by atoms with Crippen LogP contribution < -0.4 is 10.2 Å². The third-order valence-electron chi connectivity index (χ3n) is 3.40. The zero-order chi connectivity index (χ0) is 14.8. The van der Waals surface area contributed by atoms with Crippen molar-refractivity contribution in [2.45, 2.75) is 6.42 Å². The van der Waals surface area contributed by atoms with E-state index in [1.165, 1.54) is 0 Å². The fraction of sp³-hybridized carbons (Fsp3) is 0.125. The second-order valence-electron chi connectivity index (χ2n) is 4.78. The molecule has 0 radical (unpaired) electrons. The van der Waals surface area contributed by atoms with E-state index in [0.29, 0.717) is 34.9 Å². The Balaban J connectivity index is 1.84. The average molecular weight is 301 g/mol. The Morgan fingerprint density at radius 3 is 2.57 bits per heavy atom. The molecule has 2 aromatic rings. The lowest BCUT2D eigenvalue weighted by Crippen LogP contribution is -2.40. The number of benzene rings is 2. The van der Waals surface area contributed by atoms with E-state index >= 15 is 0 Å². The fourth-order valence-corrected chi connectivity index (χ4v) is 2.47. The van der Waals surface area contributed by atoms with E-state index in [0.717, 1.165) is 0 Å². The first-order valence-electron chi connectivity index (χ1n) is 6.61. The molecule has 1 aliphatic heterocycles. The molecule has 1 N–H and O–H groups in total. The summed E-state index contributed by atoms with van der Waals surface area (Å²) in [6.07, 6.45) is 0.338. The molecule has 5 heteroatoms. The summed E-state index contributed by atoms with van der Waals surface area (Å²) < 4.78 is 0. The SMILES string of the molecule is O=C1CCN(C(=O)Nc2ccc(Cl)cc2)c2ccccc21. The third kappa shape index (κ3) is 2.76. The van der Waals surface area contributed by atoms with Crippen molar-refractivity contribution >= 4 is 34.8 Å². The number of para-hydroxylation sites is 1. The number of halogens is 1. The molecular formula is C16H13ClN2O2. The summed E-state index contributed by atoms with van der Waals surface area (Å²) in [5.41, 5.74) is 1.91. The first-order valence-corrected chi connectivity index (χ1v) is 6.99. The molecule has 1 aliphatic rings. The van der Waals surface area contributed by atoms with Crippen LogP contribution in [0.1, 0.15) is 16.8 Å². The number of Topliss-reactive ketones (excluding diaryl/α,β-unsaturated/α-hetero) is 1. The van der Waals surface area contributed by atoms with Gasteiger partial charge in [0.2, 0.25) is 0 Å². The van der Waals surface area contributed by atoms with Crippen molar-refractivity contribution in [2.24, 2.45) is 0 Å². The van der Waals surface area contributed by atoms with Gasteiger partial charge in [-0.25, -0.2) is 4.79 Å². The lowest BCUT2D eigenvalue weighted by Gasteiger charge is -2.28. The van der Waals surface area contributed by atoms with Crippen molar-refractivity contribution in [3.05, 3.63) is 59.1 Å².